The van der Waals surface area contributed by atoms with Gasteiger partial charge in [0.15, 0.2) is 0 Å². The van der Waals surface area contributed by atoms with E-state index in [4.69, 9.17) is 5.73 Å². The maximum Gasteiger partial charge on any atom is 0.234 e. The van der Waals surface area contributed by atoms with Crippen LogP contribution in [0.3, 0.4) is 0 Å². The van der Waals surface area contributed by atoms with E-state index >= 15 is 0 Å². The van der Waals surface area contributed by atoms with Crippen molar-refractivity contribution < 1.29 is 4.79 Å². The fraction of sp³-hybridized carbons (Fsp3) is 0.857. The third-order valence-corrected chi connectivity index (χ3v) is 5.75. The molecule has 68 valence electrons. The number of primary amides is 1. The summed E-state index contributed by atoms with van der Waals surface area (Å²) in [5.41, 5.74) is 5.23. The van der Waals surface area contributed by atoms with E-state index in [1.807, 2.05) is 23.5 Å². The van der Waals surface area contributed by atoms with Crippen LogP contribution in [0.15, 0.2) is 0 Å². The van der Waals surface area contributed by atoms with Gasteiger partial charge in [0, 0.05) is 18.1 Å². The normalized spacial score (nSPS) is 32.8. The number of hydrogen-bond donors (Lipinski definition) is 2. The van der Waals surface area contributed by atoms with E-state index in [0.29, 0.717) is 0 Å². The predicted molar refractivity (Wildman–Crippen MR) is 53.2 cm³/mol. The van der Waals surface area contributed by atoms with Crippen LogP contribution in [-0.4, -0.2) is 34.1 Å². The highest BCUT2D eigenvalue weighted by molar-refractivity contribution is 8.21. The molecule has 2 heterocycles. The molecule has 0 aromatic carbocycles. The minimum atomic E-state index is -0.208. The van der Waals surface area contributed by atoms with Gasteiger partial charge in [-0.1, -0.05) is 0 Å². The fourth-order valence-corrected chi connectivity index (χ4v) is 4.84. The first-order valence-electron chi connectivity index (χ1n) is 4.02. The summed E-state index contributed by atoms with van der Waals surface area (Å²) >= 11 is 3.93. The second-order valence-electron chi connectivity index (χ2n) is 3.15. The lowest BCUT2D eigenvalue weighted by molar-refractivity contribution is -0.119. The summed E-state index contributed by atoms with van der Waals surface area (Å²) in [5, 5.41) is 3.17. The van der Waals surface area contributed by atoms with Gasteiger partial charge in [-0.2, -0.15) is 0 Å². The van der Waals surface area contributed by atoms with Crippen molar-refractivity contribution in [3.8, 4) is 0 Å². The number of carbonyl (C=O) groups is 1. The number of thioether (sulfide) groups is 2. The Morgan fingerprint density at radius 1 is 1.50 bits per heavy atom. The van der Waals surface area contributed by atoms with E-state index < -0.39 is 0 Å². The maximum atomic E-state index is 10.9. The summed E-state index contributed by atoms with van der Waals surface area (Å²) in [6.07, 6.45) is 0.900. The van der Waals surface area contributed by atoms with Crippen LogP contribution in [-0.2, 0) is 4.79 Å². The molecular weight excluding hydrogens is 192 g/mol. The van der Waals surface area contributed by atoms with Gasteiger partial charge in [-0.25, -0.2) is 0 Å². The molecule has 0 aromatic heterocycles. The molecule has 2 aliphatic heterocycles. The average Bonchev–Trinajstić information content (AvgIpc) is 2.62. The minimum Gasteiger partial charge on any atom is -0.368 e. The number of nitrogens with two attached hydrogens (primary N) is 1. The molecule has 0 bridgehead atoms. The molecule has 1 amide bonds. The van der Waals surface area contributed by atoms with Gasteiger partial charge < -0.3 is 11.1 Å². The molecule has 3 N–H and O–H groups in total. The number of nitrogens with one attached hydrogen (secondary N) is 1. The lowest BCUT2D eigenvalue weighted by atomic mass is 10.2. The average molecular weight is 204 g/mol. The van der Waals surface area contributed by atoms with Gasteiger partial charge in [0.05, 0.1) is 10.1 Å². The molecule has 1 spiro atoms. The van der Waals surface area contributed by atoms with Gasteiger partial charge in [0.1, 0.15) is 0 Å². The zero-order valence-electron chi connectivity index (χ0n) is 6.71. The Labute approximate surface area is 80.2 Å². The van der Waals surface area contributed by atoms with Crippen molar-refractivity contribution >= 4 is 29.4 Å². The summed E-state index contributed by atoms with van der Waals surface area (Å²) in [5.74, 6) is 2.20. The molecule has 2 rings (SSSR count). The largest absolute Gasteiger partial charge is 0.368 e. The third kappa shape index (κ3) is 1.45. The van der Waals surface area contributed by atoms with Crippen LogP contribution >= 0.6 is 23.5 Å². The summed E-state index contributed by atoms with van der Waals surface area (Å²) < 4.78 is 0.264. The Balaban J connectivity index is 2.01. The Bertz CT molecular complexity index is 204. The first-order chi connectivity index (χ1) is 5.72. The van der Waals surface area contributed by atoms with Crippen molar-refractivity contribution in [2.24, 2.45) is 5.73 Å². The highest BCUT2D eigenvalue weighted by Crippen LogP contribution is 2.48. The predicted octanol–water partition coefficient (Wildman–Crippen LogP) is 0.00990. The summed E-state index contributed by atoms with van der Waals surface area (Å²) in [7, 11) is 0. The molecule has 2 aliphatic rings. The van der Waals surface area contributed by atoms with Crippen LogP contribution in [0.4, 0.5) is 0 Å². The summed E-state index contributed by atoms with van der Waals surface area (Å²) in [6, 6.07) is -0.0944. The van der Waals surface area contributed by atoms with Crippen molar-refractivity contribution in [2.45, 2.75) is 16.5 Å². The summed E-state index contributed by atoms with van der Waals surface area (Å²) in [4.78, 5) is 10.9. The van der Waals surface area contributed by atoms with Gasteiger partial charge in [0.2, 0.25) is 5.91 Å². The Morgan fingerprint density at radius 3 is 2.67 bits per heavy atom. The van der Waals surface area contributed by atoms with Crippen molar-refractivity contribution in [2.75, 3.05) is 18.1 Å². The molecule has 0 saturated carbocycles. The highest BCUT2D eigenvalue weighted by Gasteiger charge is 2.44. The van der Waals surface area contributed by atoms with Crippen LogP contribution < -0.4 is 11.1 Å². The number of rotatable bonds is 1. The maximum absolute atomic E-state index is 10.9. The van der Waals surface area contributed by atoms with Gasteiger partial charge in [0.25, 0.3) is 0 Å². The first-order valence-corrected chi connectivity index (χ1v) is 6.00. The summed E-state index contributed by atoms with van der Waals surface area (Å²) in [6.45, 7) is 0.927. The minimum absolute atomic E-state index is 0.0944. The van der Waals surface area contributed by atoms with Crippen LogP contribution in [0.25, 0.3) is 0 Å². The first kappa shape index (κ1) is 8.72. The van der Waals surface area contributed by atoms with E-state index in [1.54, 1.807) is 0 Å². The number of carbonyl (C=O) groups excluding carboxylic acids is 1. The SMILES string of the molecule is NC(=O)C1CC2(CN1)SCCS2. The van der Waals surface area contributed by atoms with Crippen LogP contribution in [0.5, 0.6) is 0 Å². The molecule has 1 atom stereocenters. The molecular formula is C7H12N2OS2. The second kappa shape index (κ2) is 3.12. The lowest BCUT2D eigenvalue weighted by Crippen LogP contribution is -2.36. The van der Waals surface area contributed by atoms with Gasteiger partial charge in [-0.05, 0) is 6.42 Å². The topological polar surface area (TPSA) is 55.1 Å². The van der Waals surface area contributed by atoms with Crippen LogP contribution in [0.1, 0.15) is 6.42 Å². The zero-order chi connectivity index (χ0) is 8.60. The Morgan fingerprint density at radius 2 is 2.17 bits per heavy atom. The standard InChI is InChI=1S/C7H12N2OS2/c8-6(10)5-3-7(4-9-5)11-1-2-12-7/h5,9H,1-4H2,(H2,8,10). The molecule has 5 heteroatoms. The van der Waals surface area contributed by atoms with Crippen LogP contribution in [0, 0.1) is 0 Å². The quantitative estimate of drug-likeness (QED) is 0.632. The van der Waals surface area contributed by atoms with E-state index in [9.17, 15) is 4.79 Å². The fourth-order valence-electron chi connectivity index (χ4n) is 1.65. The molecule has 2 saturated heterocycles. The van der Waals surface area contributed by atoms with E-state index in [-0.39, 0.29) is 16.0 Å². The van der Waals surface area contributed by atoms with Crippen LogP contribution in [0.2, 0.25) is 0 Å². The Kier molecular flexibility index (Phi) is 2.27. The van der Waals surface area contributed by atoms with Crippen molar-refractivity contribution in [3.63, 3.8) is 0 Å². The second-order valence-corrected chi connectivity index (χ2v) is 6.36. The third-order valence-electron chi connectivity index (χ3n) is 2.29. The molecule has 0 radical (unpaired) electrons. The van der Waals surface area contributed by atoms with E-state index in [2.05, 4.69) is 5.32 Å². The monoisotopic (exact) mass is 204 g/mol. The van der Waals surface area contributed by atoms with Gasteiger partial charge in [-0.15, -0.1) is 23.5 Å². The van der Waals surface area contributed by atoms with Crippen molar-refractivity contribution in [1.29, 1.82) is 0 Å². The number of amides is 1. The molecule has 0 aliphatic carbocycles. The highest BCUT2D eigenvalue weighted by atomic mass is 32.2. The molecule has 2 fully saturated rings. The zero-order valence-corrected chi connectivity index (χ0v) is 8.34. The smallest absolute Gasteiger partial charge is 0.234 e. The lowest BCUT2D eigenvalue weighted by Gasteiger charge is -2.18. The molecule has 3 nitrogen and oxygen atoms in total. The number of hydrogen-bond acceptors (Lipinski definition) is 4. The van der Waals surface area contributed by atoms with Crippen molar-refractivity contribution in [1.82, 2.24) is 5.32 Å². The molecule has 12 heavy (non-hydrogen) atoms. The van der Waals surface area contributed by atoms with E-state index in [0.717, 1.165) is 13.0 Å². The van der Waals surface area contributed by atoms with Gasteiger partial charge >= 0.3 is 0 Å². The van der Waals surface area contributed by atoms with Crippen molar-refractivity contribution in [3.05, 3.63) is 0 Å². The molecule has 0 aromatic rings. The Hall–Kier alpha value is 0.130. The van der Waals surface area contributed by atoms with E-state index in [1.165, 1.54) is 11.5 Å². The molecule has 1 unspecified atom stereocenters. The van der Waals surface area contributed by atoms with Gasteiger partial charge in [-0.3, -0.25) is 4.79 Å².